The van der Waals surface area contributed by atoms with Crippen LogP contribution in [0, 0.1) is 11.6 Å². The van der Waals surface area contributed by atoms with Crippen molar-refractivity contribution >= 4 is 0 Å². The lowest BCUT2D eigenvalue weighted by Gasteiger charge is -2.08. The number of phenols is 2. The average molecular weight is 279 g/mol. The first-order chi connectivity index (χ1) is 9.56. The number of nitrogens with one attached hydrogen (secondary N) is 1. The van der Waals surface area contributed by atoms with Gasteiger partial charge in [0.05, 0.1) is 0 Å². The maximum absolute atomic E-state index is 13.0. The van der Waals surface area contributed by atoms with Gasteiger partial charge in [0.2, 0.25) is 0 Å². The van der Waals surface area contributed by atoms with Crippen molar-refractivity contribution in [2.75, 3.05) is 6.54 Å². The van der Waals surface area contributed by atoms with Crippen LogP contribution in [0.15, 0.2) is 36.4 Å². The van der Waals surface area contributed by atoms with E-state index in [0.717, 1.165) is 6.07 Å². The van der Waals surface area contributed by atoms with E-state index in [0.29, 0.717) is 30.6 Å². The molecular formula is C15H15F2NO2. The molecule has 3 N–H and O–H groups in total. The van der Waals surface area contributed by atoms with Crippen LogP contribution in [0.2, 0.25) is 0 Å². The standard InChI is InChI=1S/C15H15F2NO2/c16-12-6-10(7-13(17)8-12)4-5-18-9-11-2-1-3-14(19)15(11)20/h1-3,6-8,18-20H,4-5,9H2. The van der Waals surface area contributed by atoms with Crippen LogP contribution in [0.4, 0.5) is 8.78 Å². The van der Waals surface area contributed by atoms with Crippen molar-refractivity contribution in [3.05, 3.63) is 59.2 Å². The number of hydrogen-bond donors (Lipinski definition) is 3. The zero-order valence-corrected chi connectivity index (χ0v) is 10.7. The van der Waals surface area contributed by atoms with E-state index in [1.165, 1.54) is 18.2 Å². The minimum Gasteiger partial charge on any atom is -0.504 e. The highest BCUT2D eigenvalue weighted by Crippen LogP contribution is 2.27. The zero-order chi connectivity index (χ0) is 14.5. The summed E-state index contributed by atoms with van der Waals surface area (Å²) in [5, 5.41) is 22.0. The summed E-state index contributed by atoms with van der Waals surface area (Å²) in [4.78, 5) is 0. The molecule has 3 nitrogen and oxygen atoms in total. The third kappa shape index (κ3) is 3.68. The SMILES string of the molecule is Oc1cccc(CNCCc2cc(F)cc(F)c2)c1O. The van der Waals surface area contributed by atoms with E-state index in [2.05, 4.69) is 5.32 Å². The molecule has 0 saturated carbocycles. The Labute approximate surface area is 115 Å². The van der Waals surface area contributed by atoms with Crippen molar-refractivity contribution in [2.45, 2.75) is 13.0 Å². The lowest BCUT2D eigenvalue weighted by Crippen LogP contribution is -2.16. The molecule has 0 unspecified atom stereocenters. The molecule has 0 aliphatic rings. The van der Waals surface area contributed by atoms with Crippen LogP contribution >= 0.6 is 0 Å². The van der Waals surface area contributed by atoms with Crippen molar-refractivity contribution in [1.29, 1.82) is 0 Å². The Morgan fingerprint density at radius 3 is 2.40 bits per heavy atom. The number of hydrogen-bond acceptors (Lipinski definition) is 3. The summed E-state index contributed by atoms with van der Waals surface area (Å²) in [6.07, 6.45) is 0.467. The highest BCUT2D eigenvalue weighted by atomic mass is 19.1. The normalized spacial score (nSPS) is 10.7. The Morgan fingerprint density at radius 2 is 1.70 bits per heavy atom. The highest BCUT2D eigenvalue weighted by molar-refractivity contribution is 5.44. The van der Waals surface area contributed by atoms with Crippen LogP contribution in [0.1, 0.15) is 11.1 Å². The Bertz CT molecular complexity index is 582. The fourth-order valence-corrected chi connectivity index (χ4v) is 1.93. The fraction of sp³-hybridized carbons (Fsp3) is 0.200. The smallest absolute Gasteiger partial charge is 0.161 e. The highest BCUT2D eigenvalue weighted by Gasteiger charge is 2.05. The molecule has 0 atom stereocenters. The predicted octanol–water partition coefficient (Wildman–Crippen LogP) is 2.71. The van der Waals surface area contributed by atoms with Crippen molar-refractivity contribution < 1.29 is 19.0 Å². The molecule has 0 aromatic heterocycles. The minimum absolute atomic E-state index is 0.156. The van der Waals surface area contributed by atoms with E-state index in [4.69, 9.17) is 0 Å². The average Bonchev–Trinajstić information content (AvgIpc) is 2.38. The molecule has 2 aromatic rings. The second kappa shape index (κ2) is 6.34. The minimum atomic E-state index is -0.592. The van der Waals surface area contributed by atoms with Crippen LogP contribution in [0.25, 0.3) is 0 Å². The first kappa shape index (κ1) is 14.3. The summed E-state index contributed by atoms with van der Waals surface area (Å²) < 4.78 is 26.0. The summed E-state index contributed by atoms with van der Waals surface area (Å²) in [6, 6.07) is 8.13. The largest absolute Gasteiger partial charge is 0.504 e. The van der Waals surface area contributed by atoms with Gasteiger partial charge >= 0.3 is 0 Å². The fourth-order valence-electron chi connectivity index (χ4n) is 1.93. The maximum atomic E-state index is 13.0. The summed E-state index contributed by atoms with van der Waals surface area (Å²) in [6.45, 7) is 0.857. The number of benzene rings is 2. The van der Waals surface area contributed by atoms with Crippen LogP contribution in [-0.4, -0.2) is 16.8 Å². The van der Waals surface area contributed by atoms with Gasteiger partial charge in [-0.25, -0.2) is 8.78 Å². The molecule has 106 valence electrons. The topological polar surface area (TPSA) is 52.5 Å². The number of phenolic OH excluding ortho intramolecular Hbond substituents is 2. The maximum Gasteiger partial charge on any atom is 0.161 e. The second-order valence-corrected chi connectivity index (χ2v) is 4.49. The van der Waals surface area contributed by atoms with Crippen LogP contribution < -0.4 is 5.32 Å². The van der Waals surface area contributed by atoms with Gasteiger partial charge in [0.1, 0.15) is 11.6 Å². The van der Waals surface area contributed by atoms with Gasteiger partial charge in [-0.2, -0.15) is 0 Å². The Morgan fingerprint density at radius 1 is 1.00 bits per heavy atom. The van der Waals surface area contributed by atoms with E-state index in [1.807, 2.05) is 0 Å². The van der Waals surface area contributed by atoms with Crippen molar-refractivity contribution in [3.63, 3.8) is 0 Å². The van der Waals surface area contributed by atoms with E-state index in [1.54, 1.807) is 12.1 Å². The molecule has 0 bridgehead atoms. The molecule has 0 radical (unpaired) electrons. The van der Waals surface area contributed by atoms with E-state index < -0.39 is 11.6 Å². The monoisotopic (exact) mass is 279 g/mol. The third-order valence-electron chi connectivity index (χ3n) is 2.93. The third-order valence-corrected chi connectivity index (χ3v) is 2.93. The van der Waals surface area contributed by atoms with E-state index in [9.17, 15) is 19.0 Å². The molecule has 5 heteroatoms. The molecule has 2 rings (SSSR count). The Balaban J connectivity index is 1.86. The molecule has 0 aliphatic carbocycles. The Kier molecular flexibility index (Phi) is 4.53. The van der Waals surface area contributed by atoms with Crippen molar-refractivity contribution in [3.8, 4) is 11.5 Å². The predicted molar refractivity (Wildman–Crippen MR) is 71.5 cm³/mol. The van der Waals surface area contributed by atoms with Crippen molar-refractivity contribution in [1.82, 2.24) is 5.32 Å². The molecular weight excluding hydrogens is 264 g/mol. The van der Waals surface area contributed by atoms with Crippen LogP contribution in [0.5, 0.6) is 11.5 Å². The molecule has 0 spiro atoms. The molecule has 20 heavy (non-hydrogen) atoms. The summed E-state index contributed by atoms with van der Waals surface area (Å²) in [7, 11) is 0. The molecule has 0 amide bonds. The lowest BCUT2D eigenvalue weighted by atomic mass is 10.1. The zero-order valence-electron chi connectivity index (χ0n) is 10.7. The van der Waals surface area contributed by atoms with Gasteiger partial charge in [0, 0.05) is 18.2 Å². The first-order valence-electron chi connectivity index (χ1n) is 6.22. The van der Waals surface area contributed by atoms with Gasteiger partial charge < -0.3 is 15.5 Å². The number of rotatable bonds is 5. The lowest BCUT2D eigenvalue weighted by molar-refractivity contribution is 0.398. The molecule has 0 heterocycles. The van der Waals surface area contributed by atoms with E-state index in [-0.39, 0.29) is 11.5 Å². The summed E-state index contributed by atoms with van der Waals surface area (Å²) in [5.41, 5.74) is 1.13. The molecule has 2 aromatic carbocycles. The van der Waals surface area contributed by atoms with Crippen molar-refractivity contribution in [2.24, 2.45) is 0 Å². The Hall–Kier alpha value is -2.14. The van der Waals surface area contributed by atoms with E-state index >= 15 is 0 Å². The van der Waals surface area contributed by atoms with Gasteiger partial charge in [-0.1, -0.05) is 12.1 Å². The quantitative estimate of drug-likeness (QED) is 0.582. The van der Waals surface area contributed by atoms with Gasteiger partial charge in [-0.05, 0) is 36.7 Å². The van der Waals surface area contributed by atoms with Crippen LogP contribution in [-0.2, 0) is 13.0 Å². The second-order valence-electron chi connectivity index (χ2n) is 4.49. The molecule has 0 fully saturated rings. The number of halogens is 2. The van der Waals surface area contributed by atoms with Gasteiger partial charge in [0.25, 0.3) is 0 Å². The van der Waals surface area contributed by atoms with Crippen LogP contribution in [0.3, 0.4) is 0 Å². The van der Waals surface area contributed by atoms with Gasteiger partial charge in [-0.15, -0.1) is 0 Å². The summed E-state index contributed by atoms with van der Waals surface area (Å²) >= 11 is 0. The van der Waals surface area contributed by atoms with Gasteiger partial charge in [0.15, 0.2) is 11.5 Å². The summed E-state index contributed by atoms with van der Waals surface area (Å²) in [5.74, 6) is -1.51. The first-order valence-corrected chi connectivity index (χ1v) is 6.22. The molecule has 0 saturated heterocycles. The van der Waals surface area contributed by atoms with Gasteiger partial charge in [-0.3, -0.25) is 0 Å². The number of para-hydroxylation sites is 1. The molecule has 0 aliphatic heterocycles. The number of aromatic hydroxyl groups is 2.